The zero-order valence-corrected chi connectivity index (χ0v) is 13.1. The zero-order valence-electron chi connectivity index (χ0n) is 13.1. The summed E-state index contributed by atoms with van der Waals surface area (Å²) in [6.07, 6.45) is 4.12. The average molecular weight is 311 g/mol. The highest BCUT2D eigenvalue weighted by atomic mass is 16.5. The van der Waals surface area contributed by atoms with Crippen molar-refractivity contribution in [3.05, 3.63) is 41.5 Å². The highest BCUT2D eigenvalue weighted by Gasteiger charge is 2.47. The number of imidazole rings is 1. The number of carbonyl (C=O) groups excluding carboxylic acids is 2. The van der Waals surface area contributed by atoms with E-state index in [2.05, 4.69) is 4.98 Å². The summed E-state index contributed by atoms with van der Waals surface area (Å²) in [5.74, 6) is 0.608. The Kier molecular flexibility index (Phi) is 2.85. The zero-order chi connectivity index (χ0) is 16.2. The first-order valence-corrected chi connectivity index (χ1v) is 7.63. The third-order valence-corrected chi connectivity index (χ3v) is 5.00. The number of nitrogens with zero attached hydrogens (tertiary/aromatic N) is 3. The van der Waals surface area contributed by atoms with Gasteiger partial charge in [-0.05, 0) is 38.0 Å². The van der Waals surface area contributed by atoms with Crippen molar-refractivity contribution >= 4 is 12.2 Å². The Balaban J connectivity index is 2.07. The number of ether oxygens (including phenoxy) is 1. The van der Waals surface area contributed by atoms with E-state index >= 15 is 0 Å². The molecule has 118 valence electrons. The second kappa shape index (κ2) is 4.68. The average Bonchev–Trinajstić information content (AvgIpc) is 3.16. The molecular weight excluding hydrogens is 294 g/mol. The number of fused-ring (bicyclic) bond motifs is 5. The molecule has 3 heterocycles. The SMILES string of the molecule is COc1ccc2c(c1)C(=O)N1CCC[C@@]1(C)c1c(C=O)ncn1-2. The first kappa shape index (κ1) is 14.0. The standard InChI is InChI=1S/C17H17N3O3/c1-17-6-3-7-20(17)16(22)12-8-11(23-2)4-5-14(12)19-10-18-13(9-21)15(17)19/h4-5,8-10H,3,6-7H2,1-2H3/t17-/m0/s1. The summed E-state index contributed by atoms with van der Waals surface area (Å²) >= 11 is 0. The van der Waals surface area contributed by atoms with Crippen LogP contribution in [-0.4, -0.2) is 40.3 Å². The number of methoxy groups -OCH3 is 1. The molecule has 0 N–H and O–H groups in total. The second-order valence-electron chi connectivity index (χ2n) is 6.18. The number of aromatic nitrogens is 2. The van der Waals surface area contributed by atoms with Crippen molar-refractivity contribution in [3.63, 3.8) is 0 Å². The quantitative estimate of drug-likeness (QED) is 0.797. The topological polar surface area (TPSA) is 64.4 Å². The van der Waals surface area contributed by atoms with Crippen molar-refractivity contribution in [3.8, 4) is 11.4 Å². The summed E-state index contributed by atoms with van der Waals surface area (Å²) in [5, 5.41) is 0. The van der Waals surface area contributed by atoms with Gasteiger partial charge in [-0.3, -0.25) is 14.2 Å². The van der Waals surface area contributed by atoms with E-state index in [1.54, 1.807) is 19.5 Å². The number of benzene rings is 1. The Morgan fingerprint density at radius 2 is 2.22 bits per heavy atom. The van der Waals surface area contributed by atoms with Gasteiger partial charge in [0.2, 0.25) is 0 Å². The summed E-state index contributed by atoms with van der Waals surface area (Å²) in [4.78, 5) is 30.7. The van der Waals surface area contributed by atoms with Gasteiger partial charge in [0.1, 0.15) is 17.8 Å². The maximum Gasteiger partial charge on any atom is 0.256 e. The van der Waals surface area contributed by atoms with Gasteiger partial charge in [0.05, 0.1) is 29.6 Å². The molecule has 23 heavy (non-hydrogen) atoms. The van der Waals surface area contributed by atoms with Crippen molar-refractivity contribution < 1.29 is 14.3 Å². The molecule has 1 aromatic carbocycles. The fourth-order valence-electron chi connectivity index (χ4n) is 3.87. The number of hydrogen-bond acceptors (Lipinski definition) is 4. The van der Waals surface area contributed by atoms with Crippen molar-refractivity contribution in [1.29, 1.82) is 0 Å². The van der Waals surface area contributed by atoms with Crippen LogP contribution in [0.3, 0.4) is 0 Å². The van der Waals surface area contributed by atoms with Gasteiger partial charge in [-0.15, -0.1) is 0 Å². The van der Waals surface area contributed by atoms with Gasteiger partial charge in [0, 0.05) is 6.54 Å². The van der Waals surface area contributed by atoms with Crippen LogP contribution in [0.1, 0.15) is 46.3 Å². The molecule has 1 atom stereocenters. The molecule has 0 spiro atoms. The van der Waals surface area contributed by atoms with Gasteiger partial charge in [0.25, 0.3) is 5.91 Å². The number of aldehydes is 1. The molecule has 0 unspecified atom stereocenters. The van der Waals surface area contributed by atoms with Crippen molar-refractivity contribution in [1.82, 2.24) is 14.5 Å². The van der Waals surface area contributed by atoms with Crippen LogP contribution >= 0.6 is 0 Å². The molecule has 1 amide bonds. The summed E-state index contributed by atoms with van der Waals surface area (Å²) in [7, 11) is 1.58. The Morgan fingerprint density at radius 1 is 1.39 bits per heavy atom. The lowest BCUT2D eigenvalue weighted by molar-refractivity contribution is 0.0617. The molecule has 1 fully saturated rings. The van der Waals surface area contributed by atoms with E-state index in [1.165, 1.54) is 0 Å². The van der Waals surface area contributed by atoms with E-state index in [4.69, 9.17) is 4.74 Å². The lowest BCUT2D eigenvalue weighted by atomic mass is 9.93. The smallest absolute Gasteiger partial charge is 0.256 e. The molecule has 1 saturated heterocycles. The fourth-order valence-corrected chi connectivity index (χ4v) is 3.87. The molecule has 0 aliphatic carbocycles. The molecule has 2 aromatic rings. The number of hydrogen-bond donors (Lipinski definition) is 0. The highest BCUT2D eigenvalue weighted by molar-refractivity contribution is 6.00. The Hall–Kier alpha value is -2.63. The Morgan fingerprint density at radius 3 is 2.96 bits per heavy atom. The summed E-state index contributed by atoms with van der Waals surface area (Å²) in [6, 6.07) is 5.42. The first-order chi connectivity index (χ1) is 11.1. The molecule has 0 saturated carbocycles. The van der Waals surface area contributed by atoms with Crippen LogP contribution < -0.4 is 4.74 Å². The van der Waals surface area contributed by atoms with Crippen molar-refractivity contribution in [2.45, 2.75) is 25.3 Å². The molecule has 1 aromatic heterocycles. The number of carbonyl (C=O) groups is 2. The minimum Gasteiger partial charge on any atom is -0.497 e. The summed E-state index contributed by atoms with van der Waals surface area (Å²) in [6.45, 7) is 2.69. The lowest BCUT2D eigenvalue weighted by Crippen LogP contribution is -2.42. The number of rotatable bonds is 2. The van der Waals surface area contributed by atoms with Crippen LogP contribution in [0.5, 0.6) is 5.75 Å². The van der Waals surface area contributed by atoms with E-state index < -0.39 is 5.54 Å². The molecule has 0 bridgehead atoms. The van der Waals surface area contributed by atoms with Crippen LogP contribution in [0.2, 0.25) is 0 Å². The molecule has 6 heteroatoms. The molecule has 2 aliphatic rings. The van der Waals surface area contributed by atoms with Gasteiger partial charge >= 0.3 is 0 Å². The van der Waals surface area contributed by atoms with Gasteiger partial charge in [-0.2, -0.15) is 0 Å². The predicted molar refractivity (Wildman–Crippen MR) is 83.1 cm³/mol. The van der Waals surface area contributed by atoms with Gasteiger partial charge in [0.15, 0.2) is 6.29 Å². The van der Waals surface area contributed by atoms with Gasteiger partial charge < -0.3 is 9.64 Å². The van der Waals surface area contributed by atoms with Crippen LogP contribution in [0.15, 0.2) is 24.5 Å². The van der Waals surface area contributed by atoms with Crippen LogP contribution in [0, 0.1) is 0 Å². The molecule has 0 radical (unpaired) electrons. The highest BCUT2D eigenvalue weighted by Crippen LogP contribution is 2.44. The predicted octanol–water partition coefficient (Wildman–Crippen LogP) is 2.16. The van der Waals surface area contributed by atoms with Crippen LogP contribution in [0.4, 0.5) is 0 Å². The lowest BCUT2D eigenvalue weighted by Gasteiger charge is -2.34. The number of amides is 1. The van der Waals surface area contributed by atoms with E-state index in [0.717, 1.165) is 30.5 Å². The fraction of sp³-hybridized carbons (Fsp3) is 0.353. The van der Waals surface area contributed by atoms with Crippen molar-refractivity contribution in [2.75, 3.05) is 13.7 Å². The van der Waals surface area contributed by atoms with Gasteiger partial charge in [-0.25, -0.2) is 4.98 Å². The monoisotopic (exact) mass is 311 g/mol. The third-order valence-electron chi connectivity index (χ3n) is 5.00. The molecular formula is C17H17N3O3. The van der Waals surface area contributed by atoms with E-state index in [1.807, 2.05) is 28.5 Å². The largest absolute Gasteiger partial charge is 0.497 e. The van der Waals surface area contributed by atoms with Crippen molar-refractivity contribution in [2.24, 2.45) is 0 Å². The molecule has 4 rings (SSSR count). The summed E-state index contributed by atoms with van der Waals surface area (Å²) < 4.78 is 7.15. The third kappa shape index (κ3) is 1.72. The maximum absolute atomic E-state index is 13.1. The first-order valence-electron chi connectivity index (χ1n) is 7.63. The minimum absolute atomic E-state index is 0.0283. The minimum atomic E-state index is -0.518. The van der Waals surface area contributed by atoms with E-state index in [9.17, 15) is 9.59 Å². The maximum atomic E-state index is 13.1. The normalized spacial score (nSPS) is 22.2. The van der Waals surface area contributed by atoms with E-state index in [-0.39, 0.29) is 5.91 Å². The Bertz CT molecular complexity index is 826. The molecule has 2 aliphatic heterocycles. The Labute approximate surface area is 133 Å². The molecule has 6 nitrogen and oxygen atoms in total. The van der Waals surface area contributed by atoms with Crippen LogP contribution in [-0.2, 0) is 5.54 Å². The summed E-state index contributed by atoms with van der Waals surface area (Å²) in [5.41, 5.74) is 1.99. The van der Waals surface area contributed by atoms with Crippen LogP contribution in [0.25, 0.3) is 5.69 Å². The second-order valence-corrected chi connectivity index (χ2v) is 6.18. The van der Waals surface area contributed by atoms with E-state index in [0.29, 0.717) is 23.6 Å². The van der Waals surface area contributed by atoms with Gasteiger partial charge in [-0.1, -0.05) is 0 Å².